The van der Waals surface area contributed by atoms with Crippen molar-refractivity contribution in [1.82, 2.24) is 0 Å². The molecular weight excluding hydrogens is 312 g/mol. The lowest BCUT2D eigenvalue weighted by atomic mass is 10.3. The zero-order valence-corrected chi connectivity index (χ0v) is 12.0. The number of aliphatic imine (C=N–C) groups is 4. The minimum atomic E-state index is 0.316. The Balaban J connectivity index is 0.000000240. The fourth-order valence-electron chi connectivity index (χ4n) is 1.49. The maximum atomic E-state index is 9.90. The van der Waals surface area contributed by atoms with Crippen LogP contribution in [-0.2, 0) is 19.2 Å². The van der Waals surface area contributed by atoms with Gasteiger partial charge in [-0.05, 0) is 30.3 Å². The van der Waals surface area contributed by atoms with Crippen molar-refractivity contribution in [2.45, 2.75) is 0 Å². The Bertz CT molecular complexity index is 830. The fourth-order valence-corrected chi connectivity index (χ4v) is 1.49. The van der Waals surface area contributed by atoms with Crippen LogP contribution in [0, 0.1) is 0 Å². The van der Waals surface area contributed by atoms with Crippen molar-refractivity contribution in [2.75, 3.05) is 0 Å². The summed E-state index contributed by atoms with van der Waals surface area (Å²) >= 11 is 0. The number of rotatable bonds is 4. The molecule has 0 atom stereocenters. The van der Waals surface area contributed by atoms with Crippen LogP contribution in [0.5, 0.6) is 0 Å². The molecule has 116 valence electrons. The number of para-hydroxylation sites is 2. The smallest absolute Gasteiger partial charge is 0.211 e. The van der Waals surface area contributed by atoms with Crippen molar-refractivity contribution in [3.63, 3.8) is 0 Å². The zero-order chi connectivity index (χ0) is 17.6. The maximum Gasteiger partial charge on any atom is 0.240 e. The number of nitrogens with zero attached hydrogens (tertiary/aromatic N) is 4. The molecule has 0 aliphatic carbocycles. The van der Waals surface area contributed by atoms with Gasteiger partial charge in [0.2, 0.25) is 24.3 Å². The fraction of sp³-hybridized carbons (Fsp3) is 0. The Morgan fingerprint density at radius 3 is 1.33 bits per heavy atom. The third-order valence-corrected chi connectivity index (χ3v) is 2.39. The third kappa shape index (κ3) is 6.16. The molecule has 0 heterocycles. The number of benzene rings is 2. The second-order valence-electron chi connectivity index (χ2n) is 3.82. The van der Waals surface area contributed by atoms with Crippen LogP contribution in [0.3, 0.4) is 0 Å². The van der Waals surface area contributed by atoms with E-state index in [1.807, 2.05) is 0 Å². The monoisotopic (exact) mass is 320 g/mol. The molecular formula is C16H8N4O4. The zero-order valence-electron chi connectivity index (χ0n) is 12.0. The van der Waals surface area contributed by atoms with Gasteiger partial charge in [-0.15, -0.1) is 0 Å². The minimum absolute atomic E-state index is 0.316. The van der Waals surface area contributed by atoms with Gasteiger partial charge in [0.15, 0.2) is 0 Å². The van der Waals surface area contributed by atoms with Gasteiger partial charge in [-0.25, -0.2) is 19.2 Å². The number of carbonyl (C=O) groups excluding carboxylic acids is 4. The summed E-state index contributed by atoms with van der Waals surface area (Å²) in [6.07, 6.45) is 5.51. The number of isocyanates is 4. The second kappa shape index (κ2) is 10.7. The highest BCUT2D eigenvalue weighted by Gasteiger charge is 1.96. The van der Waals surface area contributed by atoms with Gasteiger partial charge in [-0.3, -0.25) is 0 Å². The maximum absolute atomic E-state index is 9.90. The Morgan fingerprint density at radius 1 is 0.542 bits per heavy atom. The van der Waals surface area contributed by atoms with Crippen LogP contribution in [0.15, 0.2) is 68.5 Å². The van der Waals surface area contributed by atoms with Gasteiger partial charge in [0.25, 0.3) is 0 Å². The van der Waals surface area contributed by atoms with Crippen molar-refractivity contribution < 1.29 is 19.2 Å². The molecule has 8 heteroatoms. The Labute approximate surface area is 135 Å². The lowest BCUT2D eigenvalue weighted by Crippen LogP contribution is -1.66. The van der Waals surface area contributed by atoms with Crippen LogP contribution in [0.4, 0.5) is 22.7 Å². The van der Waals surface area contributed by atoms with Crippen molar-refractivity contribution >= 4 is 47.1 Å². The summed E-state index contributed by atoms with van der Waals surface area (Å²) in [6, 6.07) is 12.8. The van der Waals surface area contributed by atoms with Gasteiger partial charge in [0.1, 0.15) is 11.4 Å². The molecule has 2 aromatic carbocycles. The Kier molecular flexibility index (Phi) is 7.99. The van der Waals surface area contributed by atoms with E-state index in [0.717, 1.165) is 0 Å². The molecule has 0 saturated heterocycles. The van der Waals surface area contributed by atoms with Crippen molar-refractivity contribution in [3.05, 3.63) is 48.5 Å². The van der Waals surface area contributed by atoms with Gasteiger partial charge < -0.3 is 0 Å². The van der Waals surface area contributed by atoms with E-state index in [1.165, 1.54) is 30.4 Å². The van der Waals surface area contributed by atoms with Gasteiger partial charge in [0.05, 0.1) is 11.4 Å². The molecule has 0 aliphatic heterocycles. The first-order chi connectivity index (χ1) is 11.7. The quantitative estimate of drug-likeness (QED) is 0.634. The highest BCUT2D eigenvalue weighted by molar-refractivity contribution is 5.67. The minimum Gasteiger partial charge on any atom is -0.211 e. The predicted octanol–water partition coefficient (Wildman–Crippen LogP) is 3.24. The molecule has 2 aromatic rings. The third-order valence-electron chi connectivity index (χ3n) is 2.39. The van der Waals surface area contributed by atoms with Crippen LogP contribution in [-0.4, -0.2) is 24.3 Å². The molecule has 0 aliphatic rings. The first kappa shape index (κ1) is 18.0. The largest absolute Gasteiger partial charge is 0.240 e. The van der Waals surface area contributed by atoms with Crippen molar-refractivity contribution in [1.29, 1.82) is 0 Å². The Hall–Kier alpha value is -4.04. The summed E-state index contributed by atoms with van der Waals surface area (Å²) in [5.41, 5.74) is 1.47. The summed E-state index contributed by atoms with van der Waals surface area (Å²) in [6.45, 7) is 0. The normalized spacial score (nSPS) is 8.00. The van der Waals surface area contributed by atoms with Crippen LogP contribution in [0.25, 0.3) is 0 Å². The molecule has 0 N–H and O–H groups in total. The Morgan fingerprint density at radius 2 is 0.958 bits per heavy atom. The summed E-state index contributed by atoms with van der Waals surface area (Å²) in [7, 11) is 0. The van der Waals surface area contributed by atoms with Gasteiger partial charge in [-0.1, -0.05) is 18.2 Å². The van der Waals surface area contributed by atoms with E-state index in [-0.39, 0.29) is 0 Å². The molecule has 0 amide bonds. The van der Waals surface area contributed by atoms with Gasteiger partial charge in [0, 0.05) is 0 Å². The van der Waals surface area contributed by atoms with E-state index >= 15 is 0 Å². The average molecular weight is 320 g/mol. The SMILES string of the molecule is O=C=Nc1cccc(N=C=O)c1.O=C=Nc1ccccc1N=C=O. The highest BCUT2D eigenvalue weighted by Crippen LogP contribution is 2.25. The van der Waals surface area contributed by atoms with E-state index in [9.17, 15) is 19.2 Å². The summed E-state index contributed by atoms with van der Waals surface area (Å²) in [5, 5.41) is 0. The number of hydrogen-bond acceptors (Lipinski definition) is 8. The molecule has 0 aromatic heterocycles. The van der Waals surface area contributed by atoms with Gasteiger partial charge >= 0.3 is 0 Å². The second-order valence-corrected chi connectivity index (χ2v) is 3.82. The lowest BCUT2D eigenvalue weighted by Gasteiger charge is -1.92. The van der Waals surface area contributed by atoms with Crippen molar-refractivity contribution in [2.24, 2.45) is 20.0 Å². The highest BCUT2D eigenvalue weighted by atomic mass is 16.1. The molecule has 24 heavy (non-hydrogen) atoms. The summed E-state index contributed by atoms with van der Waals surface area (Å²) in [5.74, 6) is 0. The van der Waals surface area contributed by atoms with Crippen LogP contribution in [0.2, 0.25) is 0 Å². The molecule has 8 nitrogen and oxygen atoms in total. The van der Waals surface area contributed by atoms with E-state index in [1.54, 1.807) is 42.5 Å². The van der Waals surface area contributed by atoms with Crippen LogP contribution < -0.4 is 0 Å². The lowest BCUT2D eigenvalue weighted by molar-refractivity contribution is 0.564. The van der Waals surface area contributed by atoms with Crippen molar-refractivity contribution in [3.8, 4) is 0 Å². The van der Waals surface area contributed by atoms with E-state index < -0.39 is 0 Å². The summed E-state index contributed by atoms with van der Waals surface area (Å²) in [4.78, 5) is 52.9. The van der Waals surface area contributed by atoms with Gasteiger partial charge in [-0.2, -0.15) is 20.0 Å². The molecule has 0 unspecified atom stereocenters. The topological polar surface area (TPSA) is 118 Å². The number of hydrogen-bond donors (Lipinski definition) is 0. The van der Waals surface area contributed by atoms with Crippen LogP contribution >= 0.6 is 0 Å². The molecule has 0 radical (unpaired) electrons. The molecule has 0 bridgehead atoms. The van der Waals surface area contributed by atoms with E-state index in [2.05, 4.69) is 20.0 Å². The standard InChI is InChI=1S/2C8H4N2O2/c11-5-9-7-2-1-3-8(4-7)10-6-12;11-5-9-7-3-1-2-4-8(7)10-6-12/h2*1-4H. The average Bonchev–Trinajstić information content (AvgIpc) is 2.59. The van der Waals surface area contributed by atoms with E-state index in [0.29, 0.717) is 22.7 Å². The molecule has 0 spiro atoms. The molecule has 2 rings (SSSR count). The molecule has 0 saturated carbocycles. The first-order valence-electron chi connectivity index (χ1n) is 6.25. The predicted molar refractivity (Wildman–Crippen MR) is 84.0 cm³/mol. The molecule has 0 fully saturated rings. The van der Waals surface area contributed by atoms with Crippen LogP contribution in [0.1, 0.15) is 0 Å². The van der Waals surface area contributed by atoms with E-state index in [4.69, 9.17) is 0 Å². The first-order valence-corrected chi connectivity index (χ1v) is 6.25. The summed E-state index contributed by atoms with van der Waals surface area (Å²) < 4.78 is 0.